The Hall–Kier alpha value is -0.500. The van der Waals surface area contributed by atoms with Crippen molar-refractivity contribution in [3.63, 3.8) is 0 Å². The monoisotopic (exact) mass is 537 g/mol. The Balaban J connectivity index is 1.50. The smallest absolute Gasteiger partial charge is 0.325 e. The molecule has 0 spiro atoms. The average Bonchev–Trinajstić information content (AvgIpc) is 3.18. The van der Waals surface area contributed by atoms with Gasteiger partial charge in [0.15, 0.2) is 0 Å². The van der Waals surface area contributed by atoms with E-state index in [1.54, 1.807) is 0 Å². The highest BCUT2D eigenvalue weighted by Gasteiger charge is 2.65. The van der Waals surface area contributed by atoms with Gasteiger partial charge in [0.2, 0.25) is 0 Å². The third-order valence-corrected chi connectivity index (χ3v) is 12.6. The predicted molar refractivity (Wildman–Crippen MR) is 153 cm³/mol. The summed E-state index contributed by atoms with van der Waals surface area (Å²) in [5.41, 5.74) is 0.512. The SMILES string of the molecule is CC[C@H]1[C@@H](O)[C@H]2[C@@H]3CC[C@H]([C@@H](CCNC(=O)NSN(C)C)C(C)C)C3(C)CC[C@@H]2[C@@]2(C)CC[C@@H](O)C[C@@H]12. The number of amides is 2. The van der Waals surface area contributed by atoms with Crippen LogP contribution < -0.4 is 10.0 Å². The second-order valence-corrected chi connectivity index (χ2v) is 15.2. The summed E-state index contributed by atoms with van der Waals surface area (Å²) in [6.45, 7) is 12.8. The van der Waals surface area contributed by atoms with E-state index >= 15 is 0 Å². The first-order chi connectivity index (χ1) is 17.4. The molecule has 7 heteroatoms. The van der Waals surface area contributed by atoms with Crippen molar-refractivity contribution in [2.24, 2.45) is 58.2 Å². The molecule has 0 saturated heterocycles. The molecular weight excluding hydrogens is 482 g/mol. The van der Waals surface area contributed by atoms with Gasteiger partial charge in [-0.15, -0.1) is 0 Å². The van der Waals surface area contributed by atoms with Crippen molar-refractivity contribution in [2.45, 2.75) is 105 Å². The van der Waals surface area contributed by atoms with Crippen molar-refractivity contribution in [1.29, 1.82) is 0 Å². The van der Waals surface area contributed by atoms with Crippen LogP contribution >= 0.6 is 12.1 Å². The van der Waals surface area contributed by atoms with Crippen LogP contribution in [0.25, 0.3) is 0 Å². The third-order valence-electron chi connectivity index (χ3n) is 11.9. The average molecular weight is 538 g/mol. The van der Waals surface area contributed by atoms with Crippen molar-refractivity contribution in [3.8, 4) is 0 Å². The van der Waals surface area contributed by atoms with Crippen LogP contribution in [0, 0.1) is 58.2 Å². The molecule has 37 heavy (non-hydrogen) atoms. The van der Waals surface area contributed by atoms with E-state index in [0.29, 0.717) is 53.9 Å². The number of carbonyl (C=O) groups is 1. The normalized spacial score (nSPS) is 44.2. The molecule has 4 N–H and O–H groups in total. The zero-order valence-electron chi connectivity index (χ0n) is 24.5. The number of aliphatic hydroxyl groups is 2. The molecular formula is C30H55N3O3S. The topological polar surface area (TPSA) is 84.8 Å². The van der Waals surface area contributed by atoms with E-state index in [1.807, 2.05) is 18.4 Å². The number of nitrogens with zero attached hydrogens (tertiary/aromatic N) is 1. The molecule has 0 heterocycles. The molecule has 0 aromatic carbocycles. The van der Waals surface area contributed by atoms with Crippen molar-refractivity contribution >= 4 is 18.2 Å². The van der Waals surface area contributed by atoms with Crippen molar-refractivity contribution in [1.82, 2.24) is 14.3 Å². The lowest BCUT2D eigenvalue weighted by Crippen LogP contribution is -2.62. The summed E-state index contributed by atoms with van der Waals surface area (Å²) in [6.07, 6.45) is 9.47. The number of urea groups is 1. The molecule has 1 unspecified atom stereocenters. The number of rotatable bonds is 8. The lowest BCUT2D eigenvalue weighted by atomic mass is 9.41. The van der Waals surface area contributed by atoms with Gasteiger partial charge in [0.1, 0.15) is 0 Å². The van der Waals surface area contributed by atoms with Gasteiger partial charge in [-0.1, -0.05) is 41.0 Å². The predicted octanol–water partition coefficient (Wildman–Crippen LogP) is 5.70. The summed E-state index contributed by atoms with van der Waals surface area (Å²) < 4.78 is 4.70. The summed E-state index contributed by atoms with van der Waals surface area (Å²) in [5.74, 6) is 4.10. The summed E-state index contributed by atoms with van der Waals surface area (Å²) >= 11 is 1.30. The zero-order valence-corrected chi connectivity index (χ0v) is 25.3. The number of carbonyl (C=O) groups excluding carboxylic acids is 1. The largest absolute Gasteiger partial charge is 0.393 e. The van der Waals surface area contributed by atoms with Crippen LogP contribution in [0.4, 0.5) is 4.79 Å². The molecule has 6 nitrogen and oxygen atoms in total. The van der Waals surface area contributed by atoms with Gasteiger partial charge in [-0.25, -0.2) is 9.10 Å². The Bertz CT molecular complexity index is 796. The van der Waals surface area contributed by atoms with E-state index in [2.05, 4.69) is 44.7 Å². The fourth-order valence-electron chi connectivity index (χ4n) is 10.2. The Kier molecular flexibility index (Phi) is 9.20. The molecule has 4 aliphatic rings. The summed E-state index contributed by atoms with van der Waals surface area (Å²) in [6, 6.07) is -0.117. The van der Waals surface area contributed by atoms with E-state index < -0.39 is 0 Å². The Morgan fingerprint density at radius 1 is 1.03 bits per heavy atom. The first-order valence-corrected chi connectivity index (χ1v) is 16.0. The van der Waals surface area contributed by atoms with Crippen molar-refractivity contribution in [2.75, 3.05) is 20.6 Å². The molecule has 4 aliphatic carbocycles. The maximum absolute atomic E-state index is 12.2. The minimum atomic E-state index is -0.237. The van der Waals surface area contributed by atoms with Gasteiger partial charge in [0, 0.05) is 18.7 Å². The van der Waals surface area contributed by atoms with Gasteiger partial charge >= 0.3 is 6.03 Å². The molecule has 0 aliphatic heterocycles. The van der Waals surface area contributed by atoms with Crippen LogP contribution in [0.2, 0.25) is 0 Å². The van der Waals surface area contributed by atoms with E-state index in [4.69, 9.17) is 0 Å². The standard InChI is InChI=1S/C30H55N3O3S/c1-8-20-25-17-19(34)11-14-30(25,5)24-12-15-29(4)22(9-10-23(29)26(24)27(20)35)21(18(2)3)13-16-31-28(36)32-37-33(6)7/h18-27,34-35H,8-17H2,1-7H3,(H2,31,32,36)/t19-,20-,21+,22-,23+,24+,25+,26+,27-,29?,30-/m1/s1. The lowest BCUT2D eigenvalue weighted by molar-refractivity contribution is -0.204. The highest BCUT2D eigenvalue weighted by molar-refractivity contribution is 7.95. The van der Waals surface area contributed by atoms with Gasteiger partial charge < -0.3 is 15.5 Å². The van der Waals surface area contributed by atoms with E-state index in [1.165, 1.54) is 37.8 Å². The first kappa shape index (κ1) is 29.5. The molecule has 214 valence electrons. The zero-order chi connectivity index (χ0) is 27.1. The molecule has 11 atom stereocenters. The fourth-order valence-corrected chi connectivity index (χ4v) is 10.6. The van der Waals surface area contributed by atoms with Gasteiger partial charge in [-0.05, 0) is 124 Å². The van der Waals surface area contributed by atoms with E-state index in [0.717, 1.165) is 32.1 Å². The van der Waals surface area contributed by atoms with Crippen LogP contribution in [-0.4, -0.2) is 53.4 Å². The van der Waals surface area contributed by atoms with Crippen molar-refractivity contribution < 1.29 is 15.0 Å². The summed E-state index contributed by atoms with van der Waals surface area (Å²) in [7, 11) is 3.82. The Morgan fingerprint density at radius 3 is 2.35 bits per heavy atom. The Labute approximate surface area is 230 Å². The van der Waals surface area contributed by atoms with Crippen LogP contribution in [0.15, 0.2) is 0 Å². The maximum Gasteiger partial charge on any atom is 0.325 e. The van der Waals surface area contributed by atoms with Crippen LogP contribution in [0.1, 0.15) is 92.4 Å². The summed E-state index contributed by atoms with van der Waals surface area (Å²) in [5, 5.41) is 25.6. The molecule has 0 bridgehead atoms. The molecule has 4 fully saturated rings. The third kappa shape index (κ3) is 5.45. The highest BCUT2D eigenvalue weighted by atomic mass is 32.2. The molecule has 4 rings (SSSR count). The number of fused-ring (bicyclic) bond motifs is 5. The number of hydrogen-bond donors (Lipinski definition) is 4. The molecule has 4 saturated carbocycles. The molecule has 0 aromatic rings. The fraction of sp³-hybridized carbons (Fsp3) is 0.967. The van der Waals surface area contributed by atoms with Gasteiger partial charge in [0.25, 0.3) is 0 Å². The van der Waals surface area contributed by atoms with Crippen LogP contribution in [-0.2, 0) is 0 Å². The second-order valence-electron chi connectivity index (χ2n) is 14.1. The minimum absolute atomic E-state index is 0.117. The molecule has 0 aromatic heterocycles. The van der Waals surface area contributed by atoms with E-state index in [9.17, 15) is 15.0 Å². The highest BCUT2D eigenvalue weighted by Crippen LogP contribution is 2.69. The maximum atomic E-state index is 12.2. The Morgan fingerprint density at radius 2 is 1.70 bits per heavy atom. The summed E-state index contributed by atoms with van der Waals surface area (Å²) in [4.78, 5) is 12.2. The first-order valence-electron chi connectivity index (χ1n) is 15.2. The van der Waals surface area contributed by atoms with Gasteiger partial charge in [-0.3, -0.25) is 4.72 Å². The van der Waals surface area contributed by atoms with Gasteiger partial charge in [0.05, 0.1) is 12.2 Å². The second kappa shape index (κ2) is 11.5. The number of nitrogens with one attached hydrogen (secondary N) is 2. The number of aliphatic hydroxyl groups excluding tert-OH is 2. The molecule has 0 radical (unpaired) electrons. The molecule has 2 amide bonds. The quantitative estimate of drug-likeness (QED) is 0.299. The van der Waals surface area contributed by atoms with Crippen molar-refractivity contribution in [3.05, 3.63) is 0 Å². The number of hydrogen-bond acceptors (Lipinski definition) is 5. The van der Waals surface area contributed by atoms with Crippen LogP contribution in [0.3, 0.4) is 0 Å². The van der Waals surface area contributed by atoms with Gasteiger partial charge in [-0.2, -0.15) is 0 Å². The van der Waals surface area contributed by atoms with Crippen LogP contribution in [0.5, 0.6) is 0 Å². The minimum Gasteiger partial charge on any atom is -0.393 e. The van der Waals surface area contributed by atoms with E-state index in [-0.39, 0.29) is 29.1 Å². The lowest BCUT2D eigenvalue weighted by Gasteiger charge is -2.65.